The van der Waals surface area contributed by atoms with Crippen LogP contribution in [-0.2, 0) is 6.42 Å². The van der Waals surface area contributed by atoms with E-state index >= 15 is 0 Å². The predicted molar refractivity (Wildman–Crippen MR) is 82.8 cm³/mol. The van der Waals surface area contributed by atoms with Gasteiger partial charge in [-0.25, -0.2) is 4.39 Å². The number of halogens is 1. The van der Waals surface area contributed by atoms with Gasteiger partial charge in [0.15, 0.2) is 11.6 Å². The van der Waals surface area contributed by atoms with Crippen LogP contribution in [-0.4, -0.2) is 34.7 Å². The minimum Gasteiger partial charge on any atom is -0.508 e. The Balaban J connectivity index is 1.60. The number of rotatable bonds is 3. The van der Waals surface area contributed by atoms with Gasteiger partial charge in [-0.2, -0.15) is 0 Å². The van der Waals surface area contributed by atoms with Crippen LogP contribution in [0.4, 0.5) is 4.39 Å². The molecule has 120 valence electrons. The predicted octanol–water partition coefficient (Wildman–Crippen LogP) is 3.63. The summed E-state index contributed by atoms with van der Waals surface area (Å²) < 4.78 is 19.6. The largest absolute Gasteiger partial charge is 0.508 e. The van der Waals surface area contributed by atoms with E-state index in [0.29, 0.717) is 30.7 Å². The molecule has 1 unspecified atom stereocenters. The number of fused-ring (bicyclic) bond motifs is 1. The van der Waals surface area contributed by atoms with Crippen LogP contribution in [0.1, 0.15) is 50.5 Å². The maximum atomic E-state index is 13.9. The molecule has 1 N–H and O–H groups in total. The number of aromatic hydroxyl groups is 1. The lowest BCUT2D eigenvalue weighted by Gasteiger charge is -2.47. The van der Waals surface area contributed by atoms with Gasteiger partial charge in [0, 0.05) is 23.7 Å². The molecular weight excluding hydrogens is 281 g/mol. The van der Waals surface area contributed by atoms with Gasteiger partial charge < -0.3 is 9.84 Å². The van der Waals surface area contributed by atoms with Crippen LogP contribution < -0.4 is 4.74 Å². The molecule has 0 spiro atoms. The third-order valence-electron chi connectivity index (χ3n) is 5.71. The highest BCUT2D eigenvalue weighted by atomic mass is 19.1. The lowest BCUT2D eigenvalue weighted by Crippen LogP contribution is -2.55. The highest BCUT2D eigenvalue weighted by Gasteiger charge is 2.39. The number of hydrogen-bond donors (Lipinski definition) is 1. The molecular formula is C18H24FNO2. The second kappa shape index (κ2) is 5.73. The third kappa shape index (κ3) is 2.37. The van der Waals surface area contributed by atoms with E-state index in [9.17, 15) is 9.50 Å². The van der Waals surface area contributed by atoms with Gasteiger partial charge in [-0.05, 0) is 44.2 Å². The molecule has 1 heterocycles. The SMILES string of the molecule is Oc1ccc(F)c2c1CC(N(C1CCCC1)C1CCC1)CO2. The Morgan fingerprint density at radius 1 is 1.00 bits per heavy atom. The highest BCUT2D eigenvalue weighted by molar-refractivity contribution is 5.46. The topological polar surface area (TPSA) is 32.7 Å². The van der Waals surface area contributed by atoms with Crippen molar-refractivity contribution in [3.05, 3.63) is 23.5 Å². The second-order valence-corrected chi connectivity index (χ2v) is 7.01. The first-order valence-corrected chi connectivity index (χ1v) is 8.64. The van der Waals surface area contributed by atoms with E-state index in [1.165, 1.54) is 57.1 Å². The molecule has 0 amide bonds. The quantitative estimate of drug-likeness (QED) is 0.925. The van der Waals surface area contributed by atoms with Crippen LogP contribution >= 0.6 is 0 Å². The standard InChI is InChI=1S/C18H24FNO2/c19-16-8-9-17(21)15-10-14(11-22-18(15)16)20(13-6-3-7-13)12-4-1-2-5-12/h8-9,12-14,21H,1-7,10-11H2. The summed E-state index contributed by atoms with van der Waals surface area (Å²) in [5, 5.41) is 10.1. The lowest BCUT2D eigenvalue weighted by molar-refractivity contribution is 0.00878. The summed E-state index contributed by atoms with van der Waals surface area (Å²) in [5.41, 5.74) is 0.651. The van der Waals surface area contributed by atoms with Crippen LogP contribution in [0, 0.1) is 5.82 Å². The molecule has 1 aromatic rings. The molecule has 4 heteroatoms. The Bertz CT molecular complexity index is 552. The Labute approximate surface area is 131 Å². The van der Waals surface area contributed by atoms with Crippen molar-refractivity contribution in [1.82, 2.24) is 4.90 Å². The average Bonchev–Trinajstić information content (AvgIpc) is 3.00. The number of ether oxygens (including phenoxy) is 1. The minimum atomic E-state index is -0.359. The Kier molecular flexibility index (Phi) is 3.73. The first-order valence-electron chi connectivity index (χ1n) is 8.64. The zero-order valence-corrected chi connectivity index (χ0v) is 12.9. The number of nitrogens with zero attached hydrogens (tertiary/aromatic N) is 1. The molecule has 0 saturated heterocycles. The van der Waals surface area contributed by atoms with Crippen molar-refractivity contribution in [2.24, 2.45) is 0 Å². The zero-order valence-electron chi connectivity index (χ0n) is 12.9. The summed E-state index contributed by atoms with van der Waals surface area (Å²) in [4.78, 5) is 2.66. The van der Waals surface area contributed by atoms with Gasteiger partial charge in [0.1, 0.15) is 12.4 Å². The van der Waals surface area contributed by atoms with Crippen molar-refractivity contribution in [3.8, 4) is 11.5 Å². The molecule has 3 nitrogen and oxygen atoms in total. The molecule has 1 aliphatic heterocycles. The first-order chi connectivity index (χ1) is 10.7. The van der Waals surface area contributed by atoms with Crippen LogP contribution in [0.2, 0.25) is 0 Å². The van der Waals surface area contributed by atoms with E-state index in [2.05, 4.69) is 4.90 Å². The van der Waals surface area contributed by atoms with E-state index in [-0.39, 0.29) is 23.4 Å². The molecule has 1 atom stereocenters. The van der Waals surface area contributed by atoms with Crippen molar-refractivity contribution < 1.29 is 14.2 Å². The van der Waals surface area contributed by atoms with Crippen molar-refractivity contribution >= 4 is 0 Å². The summed E-state index contributed by atoms with van der Waals surface area (Å²) in [6.07, 6.45) is 9.74. The average molecular weight is 305 g/mol. The van der Waals surface area contributed by atoms with Crippen LogP contribution in [0.5, 0.6) is 11.5 Å². The smallest absolute Gasteiger partial charge is 0.165 e. The molecule has 2 saturated carbocycles. The molecule has 0 aromatic heterocycles. The fourth-order valence-electron chi connectivity index (χ4n) is 4.39. The van der Waals surface area contributed by atoms with E-state index in [1.54, 1.807) is 0 Å². The van der Waals surface area contributed by atoms with Gasteiger partial charge in [0.05, 0.1) is 0 Å². The van der Waals surface area contributed by atoms with E-state index < -0.39 is 0 Å². The van der Waals surface area contributed by atoms with E-state index in [0.717, 1.165) is 0 Å². The molecule has 4 rings (SSSR count). The van der Waals surface area contributed by atoms with Gasteiger partial charge in [-0.3, -0.25) is 4.90 Å². The van der Waals surface area contributed by atoms with Gasteiger partial charge in [0.25, 0.3) is 0 Å². The molecule has 2 aliphatic carbocycles. The van der Waals surface area contributed by atoms with Crippen LogP contribution in [0.3, 0.4) is 0 Å². The van der Waals surface area contributed by atoms with Gasteiger partial charge in [0.2, 0.25) is 0 Å². The monoisotopic (exact) mass is 305 g/mol. The van der Waals surface area contributed by atoms with Gasteiger partial charge in [-0.15, -0.1) is 0 Å². The first kappa shape index (κ1) is 14.3. The second-order valence-electron chi connectivity index (χ2n) is 7.01. The number of phenolic OH excluding ortho intramolecular Hbond substituents is 1. The summed E-state index contributed by atoms with van der Waals surface area (Å²) in [5.74, 6) is 0.0691. The van der Waals surface area contributed by atoms with Crippen molar-refractivity contribution in [2.75, 3.05) is 6.61 Å². The molecule has 1 aromatic carbocycles. The molecule has 2 fully saturated rings. The van der Waals surface area contributed by atoms with Gasteiger partial charge >= 0.3 is 0 Å². The third-order valence-corrected chi connectivity index (χ3v) is 5.71. The molecule has 22 heavy (non-hydrogen) atoms. The molecule has 0 bridgehead atoms. The number of hydrogen-bond acceptors (Lipinski definition) is 3. The van der Waals surface area contributed by atoms with Crippen LogP contribution in [0.25, 0.3) is 0 Å². The van der Waals surface area contributed by atoms with Gasteiger partial charge in [-0.1, -0.05) is 19.3 Å². The Morgan fingerprint density at radius 2 is 1.68 bits per heavy atom. The molecule has 3 aliphatic rings. The van der Waals surface area contributed by atoms with Crippen LogP contribution in [0.15, 0.2) is 12.1 Å². The van der Waals surface area contributed by atoms with Crippen molar-refractivity contribution in [1.29, 1.82) is 0 Å². The summed E-state index contributed by atoms with van der Waals surface area (Å²) >= 11 is 0. The normalized spacial score (nSPS) is 25.8. The molecule has 0 radical (unpaired) electrons. The maximum absolute atomic E-state index is 13.9. The summed E-state index contributed by atoms with van der Waals surface area (Å²) in [7, 11) is 0. The minimum absolute atomic E-state index is 0.168. The zero-order chi connectivity index (χ0) is 15.1. The fourth-order valence-corrected chi connectivity index (χ4v) is 4.39. The lowest BCUT2D eigenvalue weighted by atomic mass is 9.87. The Morgan fingerprint density at radius 3 is 2.32 bits per heavy atom. The van der Waals surface area contributed by atoms with E-state index in [1.807, 2.05) is 0 Å². The Hall–Kier alpha value is -1.29. The number of benzene rings is 1. The summed E-state index contributed by atoms with van der Waals surface area (Å²) in [6.45, 7) is 0.542. The summed E-state index contributed by atoms with van der Waals surface area (Å²) in [6, 6.07) is 4.32. The highest BCUT2D eigenvalue weighted by Crippen LogP contribution is 2.40. The number of phenols is 1. The van der Waals surface area contributed by atoms with E-state index in [4.69, 9.17) is 4.74 Å². The fraction of sp³-hybridized carbons (Fsp3) is 0.667. The maximum Gasteiger partial charge on any atom is 0.165 e. The van der Waals surface area contributed by atoms with Crippen molar-refractivity contribution in [2.45, 2.75) is 69.5 Å². The van der Waals surface area contributed by atoms with Crippen molar-refractivity contribution in [3.63, 3.8) is 0 Å².